The molecule has 0 saturated heterocycles. The third-order valence-electron chi connectivity index (χ3n) is 3.98. The number of hydrogen-bond acceptors (Lipinski definition) is 5. The van der Waals surface area contributed by atoms with E-state index in [2.05, 4.69) is 46.4 Å². The largest absolute Gasteiger partial charge is 0.459 e. The van der Waals surface area contributed by atoms with E-state index < -0.39 is 0 Å². The summed E-state index contributed by atoms with van der Waals surface area (Å²) in [5, 5.41) is 5.38. The van der Waals surface area contributed by atoms with E-state index in [1.807, 2.05) is 11.4 Å². The number of carbonyl (C=O) groups excluding carboxylic acids is 1. The van der Waals surface area contributed by atoms with Gasteiger partial charge in [-0.1, -0.05) is 43.7 Å². The highest BCUT2D eigenvalue weighted by Gasteiger charge is 2.13. The van der Waals surface area contributed by atoms with E-state index in [1.165, 1.54) is 23.2 Å². The minimum atomic E-state index is -0.275. The van der Waals surface area contributed by atoms with Crippen molar-refractivity contribution in [2.24, 2.45) is 0 Å². The Labute approximate surface area is 157 Å². The summed E-state index contributed by atoms with van der Waals surface area (Å²) < 4.78 is 5.11. The number of carbonyl (C=O) groups is 1. The summed E-state index contributed by atoms with van der Waals surface area (Å²) in [6.45, 7) is 4.89. The average molecular weight is 369 g/mol. The lowest BCUT2D eigenvalue weighted by Crippen LogP contribution is -2.24. The minimum absolute atomic E-state index is 0.275. The molecule has 1 aromatic carbocycles. The Morgan fingerprint density at radius 3 is 2.77 bits per heavy atom. The van der Waals surface area contributed by atoms with Crippen LogP contribution in [0.15, 0.2) is 58.5 Å². The normalized spacial score (nSPS) is 11.0. The predicted octanol–water partition coefficient (Wildman–Crippen LogP) is 4.79. The molecule has 0 unspecified atom stereocenters. The Morgan fingerprint density at radius 2 is 2.04 bits per heavy atom. The van der Waals surface area contributed by atoms with Gasteiger partial charge < -0.3 is 4.42 Å². The van der Waals surface area contributed by atoms with Crippen molar-refractivity contribution in [1.82, 2.24) is 9.88 Å². The van der Waals surface area contributed by atoms with Gasteiger partial charge >= 0.3 is 0 Å². The summed E-state index contributed by atoms with van der Waals surface area (Å²) in [4.78, 5) is 19.0. The highest BCUT2D eigenvalue weighted by atomic mass is 32.1. The maximum Gasteiger partial charge on any atom is 0.293 e. The Balaban J connectivity index is 1.61. The van der Waals surface area contributed by atoms with Gasteiger partial charge in [0.05, 0.1) is 12.0 Å². The van der Waals surface area contributed by atoms with E-state index in [0.717, 1.165) is 38.2 Å². The summed E-state index contributed by atoms with van der Waals surface area (Å²) in [5.41, 5.74) is 2.27. The fraction of sp³-hybridized carbons (Fsp3) is 0.300. The van der Waals surface area contributed by atoms with Crippen molar-refractivity contribution in [2.75, 3.05) is 11.9 Å². The summed E-state index contributed by atoms with van der Waals surface area (Å²) in [6.07, 6.45) is 3.79. The number of unbranched alkanes of at least 4 members (excludes halogenated alkanes) is 1. The second-order valence-corrected chi connectivity index (χ2v) is 6.98. The Hall–Kier alpha value is -2.44. The van der Waals surface area contributed by atoms with E-state index >= 15 is 0 Å². The van der Waals surface area contributed by atoms with Crippen molar-refractivity contribution in [2.45, 2.75) is 32.9 Å². The maximum atomic E-state index is 12.0. The Morgan fingerprint density at radius 1 is 1.19 bits per heavy atom. The van der Waals surface area contributed by atoms with Crippen LogP contribution in [0.5, 0.6) is 0 Å². The number of hydrogen-bond donors (Lipinski definition) is 1. The molecule has 0 fully saturated rings. The molecule has 0 atom stereocenters. The van der Waals surface area contributed by atoms with Crippen LogP contribution in [0.3, 0.4) is 0 Å². The van der Waals surface area contributed by atoms with Crippen molar-refractivity contribution < 1.29 is 9.21 Å². The van der Waals surface area contributed by atoms with E-state index in [-0.39, 0.29) is 11.7 Å². The standard InChI is InChI=1S/C20H23N3O2S/c1-2-3-11-23(13-16-8-5-4-6-9-16)14-17-15-26-20(21-17)22-19(24)18-10-7-12-25-18/h4-10,12,15H,2-3,11,13-14H2,1H3,(H,21,22,24). The van der Waals surface area contributed by atoms with Crippen molar-refractivity contribution >= 4 is 22.4 Å². The highest BCUT2D eigenvalue weighted by molar-refractivity contribution is 7.13. The van der Waals surface area contributed by atoms with Gasteiger partial charge in [0.15, 0.2) is 10.9 Å². The molecule has 3 aromatic rings. The molecule has 2 heterocycles. The minimum Gasteiger partial charge on any atom is -0.459 e. The second kappa shape index (κ2) is 9.31. The fourth-order valence-electron chi connectivity index (χ4n) is 2.67. The number of nitrogens with one attached hydrogen (secondary N) is 1. The van der Waals surface area contributed by atoms with Gasteiger partial charge in [-0.3, -0.25) is 15.0 Å². The number of benzene rings is 1. The van der Waals surface area contributed by atoms with Gasteiger partial charge in [0.1, 0.15) is 0 Å². The van der Waals surface area contributed by atoms with Crippen LogP contribution >= 0.6 is 11.3 Å². The number of rotatable bonds is 9. The van der Waals surface area contributed by atoms with Crippen LogP contribution in [-0.2, 0) is 13.1 Å². The quantitative estimate of drug-likeness (QED) is 0.589. The van der Waals surface area contributed by atoms with Gasteiger partial charge in [0.25, 0.3) is 5.91 Å². The summed E-state index contributed by atoms with van der Waals surface area (Å²) >= 11 is 1.44. The van der Waals surface area contributed by atoms with Gasteiger partial charge in [-0.25, -0.2) is 4.98 Å². The molecule has 0 radical (unpaired) electrons. The van der Waals surface area contributed by atoms with Gasteiger partial charge in [-0.05, 0) is 30.7 Å². The van der Waals surface area contributed by atoms with E-state index in [4.69, 9.17) is 4.42 Å². The molecule has 6 heteroatoms. The van der Waals surface area contributed by atoms with Crippen LogP contribution in [0.25, 0.3) is 0 Å². The first-order valence-corrected chi connectivity index (χ1v) is 9.68. The van der Waals surface area contributed by atoms with Crippen LogP contribution < -0.4 is 5.32 Å². The van der Waals surface area contributed by atoms with Crippen LogP contribution in [0.1, 0.15) is 41.6 Å². The van der Waals surface area contributed by atoms with Crippen molar-refractivity contribution in [1.29, 1.82) is 0 Å². The molecule has 0 saturated carbocycles. The van der Waals surface area contributed by atoms with E-state index in [1.54, 1.807) is 12.1 Å². The summed E-state index contributed by atoms with van der Waals surface area (Å²) in [5.74, 6) is 0.0124. The number of furan rings is 1. The molecule has 0 aliphatic heterocycles. The van der Waals surface area contributed by atoms with Gasteiger partial charge in [-0.2, -0.15) is 0 Å². The molecule has 1 N–H and O–H groups in total. The first-order chi connectivity index (χ1) is 12.7. The van der Waals surface area contributed by atoms with Gasteiger partial charge in [0.2, 0.25) is 0 Å². The predicted molar refractivity (Wildman–Crippen MR) is 104 cm³/mol. The topological polar surface area (TPSA) is 58.4 Å². The molecule has 3 rings (SSSR count). The molecule has 0 aliphatic carbocycles. The molecule has 136 valence electrons. The zero-order valence-corrected chi connectivity index (χ0v) is 15.7. The first kappa shape index (κ1) is 18.4. The van der Waals surface area contributed by atoms with Crippen LogP contribution in [0, 0.1) is 0 Å². The molecule has 0 spiro atoms. The Bertz CT molecular complexity index is 800. The van der Waals surface area contributed by atoms with E-state index in [9.17, 15) is 4.79 Å². The molecule has 2 aromatic heterocycles. The molecular formula is C20H23N3O2S. The maximum absolute atomic E-state index is 12.0. The third kappa shape index (κ3) is 5.28. The third-order valence-corrected chi connectivity index (χ3v) is 4.79. The Kier molecular flexibility index (Phi) is 6.57. The van der Waals surface area contributed by atoms with Crippen molar-refractivity contribution in [3.05, 3.63) is 71.1 Å². The van der Waals surface area contributed by atoms with Crippen LogP contribution in [0.4, 0.5) is 5.13 Å². The van der Waals surface area contributed by atoms with Gasteiger partial charge in [-0.15, -0.1) is 11.3 Å². The smallest absolute Gasteiger partial charge is 0.293 e. The number of amides is 1. The summed E-state index contributed by atoms with van der Waals surface area (Å²) in [6, 6.07) is 13.8. The van der Waals surface area contributed by atoms with Crippen LogP contribution in [-0.4, -0.2) is 22.3 Å². The first-order valence-electron chi connectivity index (χ1n) is 8.80. The van der Waals surface area contributed by atoms with Crippen molar-refractivity contribution in [3.63, 3.8) is 0 Å². The summed E-state index contributed by atoms with van der Waals surface area (Å²) in [7, 11) is 0. The SMILES string of the molecule is CCCCN(Cc1ccccc1)Cc1csc(NC(=O)c2ccco2)n1. The number of anilines is 1. The van der Waals surface area contributed by atoms with Crippen LogP contribution in [0.2, 0.25) is 0 Å². The number of thiazole rings is 1. The molecule has 1 amide bonds. The van der Waals surface area contributed by atoms with E-state index in [0.29, 0.717) is 5.13 Å². The van der Waals surface area contributed by atoms with Crippen molar-refractivity contribution in [3.8, 4) is 0 Å². The second-order valence-electron chi connectivity index (χ2n) is 6.13. The molecule has 0 bridgehead atoms. The lowest BCUT2D eigenvalue weighted by atomic mass is 10.2. The monoisotopic (exact) mass is 369 g/mol. The average Bonchev–Trinajstić information content (AvgIpc) is 3.33. The number of aromatic nitrogens is 1. The molecule has 0 aliphatic rings. The molecule has 5 nitrogen and oxygen atoms in total. The number of nitrogens with zero attached hydrogens (tertiary/aromatic N) is 2. The zero-order chi connectivity index (χ0) is 18.2. The lowest BCUT2D eigenvalue weighted by molar-refractivity contribution is 0.0996. The highest BCUT2D eigenvalue weighted by Crippen LogP contribution is 2.19. The fourth-order valence-corrected chi connectivity index (χ4v) is 3.37. The zero-order valence-electron chi connectivity index (χ0n) is 14.9. The lowest BCUT2D eigenvalue weighted by Gasteiger charge is -2.21. The molecular weight excluding hydrogens is 346 g/mol. The molecule has 26 heavy (non-hydrogen) atoms. The van der Waals surface area contributed by atoms with Gasteiger partial charge in [0, 0.05) is 18.5 Å².